The van der Waals surface area contributed by atoms with Crippen molar-refractivity contribution >= 4 is 5.91 Å². The third-order valence-corrected chi connectivity index (χ3v) is 3.26. The monoisotopic (exact) mass is 200 g/mol. The molecule has 0 unspecified atom stereocenters. The number of rotatable bonds is 3. The summed E-state index contributed by atoms with van der Waals surface area (Å²) in [6, 6.07) is -0.186. The highest BCUT2D eigenvalue weighted by molar-refractivity contribution is 5.83. The molecular formula is C9H16N2O3. The van der Waals surface area contributed by atoms with E-state index in [0.717, 1.165) is 6.42 Å². The van der Waals surface area contributed by atoms with Crippen LogP contribution in [0, 0.1) is 5.92 Å². The van der Waals surface area contributed by atoms with Crippen molar-refractivity contribution in [3.05, 3.63) is 0 Å². The van der Waals surface area contributed by atoms with Crippen molar-refractivity contribution in [2.24, 2.45) is 11.7 Å². The number of aliphatic hydroxyl groups is 2. The lowest BCUT2D eigenvalue weighted by molar-refractivity contribution is -0.146. The smallest absolute Gasteiger partial charge is 0.228 e. The first-order chi connectivity index (χ1) is 6.66. The predicted molar refractivity (Wildman–Crippen MR) is 49.3 cm³/mol. The number of piperidine rings is 1. The average molecular weight is 200 g/mol. The van der Waals surface area contributed by atoms with Crippen LogP contribution in [0.15, 0.2) is 0 Å². The Morgan fingerprint density at radius 1 is 1.43 bits per heavy atom. The van der Waals surface area contributed by atoms with E-state index in [1.54, 1.807) is 4.90 Å². The standard InChI is InChI=1S/C9H16N2O3/c10-2-1-3-11-6-4-5(9(11)14)7(12)8(6)13/h5-8,12-13H,1-4,10H2/t5-,6+,7+,8+/m0/s1. The highest BCUT2D eigenvalue weighted by Crippen LogP contribution is 2.38. The minimum Gasteiger partial charge on any atom is -0.390 e. The van der Waals surface area contributed by atoms with E-state index in [2.05, 4.69) is 0 Å². The van der Waals surface area contributed by atoms with Gasteiger partial charge in [-0.3, -0.25) is 4.79 Å². The summed E-state index contributed by atoms with van der Waals surface area (Å²) in [5.41, 5.74) is 5.36. The van der Waals surface area contributed by atoms with Crippen molar-refractivity contribution < 1.29 is 15.0 Å². The van der Waals surface area contributed by atoms with Gasteiger partial charge < -0.3 is 20.8 Å². The fourth-order valence-corrected chi connectivity index (χ4v) is 2.48. The highest BCUT2D eigenvalue weighted by Gasteiger charge is 2.55. The van der Waals surface area contributed by atoms with Crippen LogP contribution in [0.4, 0.5) is 0 Å². The van der Waals surface area contributed by atoms with Crippen LogP contribution in [0.2, 0.25) is 0 Å². The molecule has 14 heavy (non-hydrogen) atoms. The zero-order valence-corrected chi connectivity index (χ0v) is 7.97. The molecule has 0 aromatic carbocycles. The van der Waals surface area contributed by atoms with Gasteiger partial charge in [-0.25, -0.2) is 0 Å². The molecule has 80 valence electrons. The van der Waals surface area contributed by atoms with Crippen molar-refractivity contribution in [1.82, 2.24) is 4.90 Å². The van der Waals surface area contributed by atoms with Crippen molar-refractivity contribution in [3.8, 4) is 0 Å². The first kappa shape index (κ1) is 9.89. The molecule has 1 saturated heterocycles. The molecule has 5 heteroatoms. The third-order valence-electron chi connectivity index (χ3n) is 3.26. The summed E-state index contributed by atoms with van der Waals surface area (Å²) in [5, 5.41) is 19.1. The molecule has 2 aliphatic rings. The number of aliphatic hydroxyl groups excluding tert-OH is 2. The lowest BCUT2D eigenvalue weighted by Crippen LogP contribution is -2.51. The number of nitrogens with two attached hydrogens (primary N) is 1. The molecule has 0 radical (unpaired) electrons. The fraction of sp³-hybridized carbons (Fsp3) is 0.889. The first-order valence-corrected chi connectivity index (χ1v) is 5.03. The van der Waals surface area contributed by atoms with Gasteiger partial charge in [0.25, 0.3) is 0 Å². The Labute approximate surface area is 82.5 Å². The Bertz CT molecular complexity index is 246. The average Bonchev–Trinajstić information content (AvgIpc) is 2.63. The maximum absolute atomic E-state index is 11.6. The summed E-state index contributed by atoms with van der Waals surface area (Å²) in [5.74, 6) is -0.408. The van der Waals surface area contributed by atoms with Gasteiger partial charge in [-0.05, 0) is 19.4 Å². The molecule has 2 bridgehead atoms. The number of amides is 1. The van der Waals surface area contributed by atoms with E-state index >= 15 is 0 Å². The number of hydrogen-bond donors (Lipinski definition) is 3. The number of likely N-dealkylation sites (tertiary alicyclic amines) is 1. The van der Waals surface area contributed by atoms with Gasteiger partial charge in [-0.2, -0.15) is 0 Å². The molecule has 1 saturated carbocycles. The third kappa shape index (κ3) is 1.24. The van der Waals surface area contributed by atoms with Crippen molar-refractivity contribution in [1.29, 1.82) is 0 Å². The molecule has 0 spiro atoms. The maximum atomic E-state index is 11.6. The molecule has 1 amide bonds. The van der Waals surface area contributed by atoms with Crippen LogP contribution in [0.25, 0.3) is 0 Å². The van der Waals surface area contributed by atoms with Crippen LogP contribution in [0.5, 0.6) is 0 Å². The molecule has 1 aliphatic carbocycles. The maximum Gasteiger partial charge on any atom is 0.228 e. The topological polar surface area (TPSA) is 86.8 Å². The van der Waals surface area contributed by atoms with E-state index in [1.165, 1.54) is 0 Å². The number of fused-ring (bicyclic) bond motifs is 2. The molecule has 2 rings (SSSR count). The zero-order chi connectivity index (χ0) is 10.3. The minimum absolute atomic E-state index is 0.0266. The first-order valence-electron chi connectivity index (χ1n) is 5.03. The Morgan fingerprint density at radius 3 is 2.71 bits per heavy atom. The van der Waals surface area contributed by atoms with Gasteiger partial charge in [0.05, 0.1) is 18.1 Å². The molecule has 1 aliphatic heterocycles. The molecule has 0 aromatic heterocycles. The highest BCUT2D eigenvalue weighted by atomic mass is 16.3. The molecule has 5 nitrogen and oxygen atoms in total. The summed E-state index contributed by atoms with van der Waals surface area (Å²) in [4.78, 5) is 13.3. The lowest BCUT2D eigenvalue weighted by Gasteiger charge is -2.33. The van der Waals surface area contributed by atoms with Gasteiger partial charge in [0.1, 0.15) is 6.10 Å². The molecule has 0 aromatic rings. The Balaban J connectivity index is 2.05. The number of hydrogen-bond acceptors (Lipinski definition) is 4. The van der Waals surface area contributed by atoms with E-state index in [4.69, 9.17) is 5.73 Å². The number of nitrogens with zero attached hydrogens (tertiary/aromatic N) is 1. The molecule has 4 atom stereocenters. The van der Waals surface area contributed by atoms with Crippen LogP contribution in [-0.4, -0.2) is 52.4 Å². The SMILES string of the molecule is NCCCN1C(=O)[C@H]2C[C@@H]1[C@@H](O)[C@@H]2O. The largest absolute Gasteiger partial charge is 0.390 e. The predicted octanol–water partition coefficient (Wildman–Crippen LogP) is -1.71. The number of carbonyl (C=O) groups excluding carboxylic acids is 1. The normalized spacial score (nSPS) is 41.1. The quantitative estimate of drug-likeness (QED) is 0.506. The van der Waals surface area contributed by atoms with Crippen molar-refractivity contribution in [2.75, 3.05) is 13.1 Å². The Morgan fingerprint density at radius 2 is 2.14 bits per heavy atom. The molecular weight excluding hydrogens is 184 g/mol. The Hall–Kier alpha value is -0.650. The van der Waals surface area contributed by atoms with Gasteiger partial charge in [0.2, 0.25) is 5.91 Å². The van der Waals surface area contributed by atoms with Gasteiger partial charge in [-0.15, -0.1) is 0 Å². The van der Waals surface area contributed by atoms with E-state index < -0.39 is 12.2 Å². The van der Waals surface area contributed by atoms with Crippen LogP contribution >= 0.6 is 0 Å². The van der Waals surface area contributed by atoms with E-state index in [1.807, 2.05) is 0 Å². The number of carbonyl (C=O) groups is 1. The van der Waals surface area contributed by atoms with Crippen molar-refractivity contribution in [2.45, 2.75) is 31.1 Å². The molecule has 4 N–H and O–H groups in total. The molecule has 1 heterocycles. The van der Waals surface area contributed by atoms with Crippen LogP contribution in [0.1, 0.15) is 12.8 Å². The van der Waals surface area contributed by atoms with E-state index in [-0.39, 0.29) is 17.9 Å². The van der Waals surface area contributed by atoms with Crippen LogP contribution in [0.3, 0.4) is 0 Å². The second kappa shape index (κ2) is 3.49. The second-order valence-corrected chi connectivity index (χ2v) is 4.06. The fourth-order valence-electron chi connectivity index (χ4n) is 2.48. The zero-order valence-electron chi connectivity index (χ0n) is 7.97. The summed E-state index contributed by atoms with van der Waals surface area (Å²) in [7, 11) is 0. The van der Waals surface area contributed by atoms with Crippen molar-refractivity contribution in [3.63, 3.8) is 0 Å². The van der Waals surface area contributed by atoms with Gasteiger partial charge in [0, 0.05) is 6.54 Å². The summed E-state index contributed by atoms with van der Waals surface area (Å²) < 4.78 is 0. The summed E-state index contributed by atoms with van der Waals surface area (Å²) in [6.07, 6.45) is -0.291. The lowest BCUT2D eigenvalue weighted by atomic mass is 10.0. The van der Waals surface area contributed by atoms with Gasteiger partial charge in [0.15, 0.2) is 0 Å². The molecule has 2 fully saturated rings. The summed E-state index contributed by atoms with van der Waals surface area (Å²) >= 11 is 0. The van der Waals surface area contributed by atoms with E-state index in [0.29, 0.717) is 19.5 Å². The van der Waals surface area contributed by atoms with Gasteiger partial charge in [-0.1, -0.05) is 0 Å². The Kier molecular flexibility index (Phi) is 2.47. The second-order valence-electron chi connectivity index (χ2n) is 4.06. The minimum atomic E-state index is -0.860. The van der Waals surface area contributed by atoms with Crippen LogP contribution in [-0.2, 0) is 4.79 Å². The van der Waals surface area contributed by atoms with Gasteiger partial charge >= 0.3 is 0 Å². The van der Waals surface area contributed by atoms with Crippen LogP contribution < -0.4 is 5.73 Å². The van der Waals surface area contributed by atoms with E-state index in [9.17, 15) is 15.0 Å². The summed E-state index contributed by atoms with van der Waals surface area (Å²) in [6.45, 7) is 1.14.